The summed E-state index contributed by atoms with van der Waals surface area (Å²) in [4.78, 5) is 10.7. The summed E-state index contributed by atoms with van der Waals surface area (Å²) in [6, 6.07) is 10.3. The molecule has 1 N–H and O–H groups in total. The van der Waals surface area contributed by atoms with Crippen molar-refractivity contribution < 1.29 is 0 Å². The lowest BCUT2D eigenvalue weighted by molar-refractivity contribution is 0.578. The second-order valence-corrected chi connectivity index (χ2v) is 5.72. The summed E-state index contributed by atoms with van der Waals surface area (Å²) in [7, 11) is 0. The SMILES string of the molecule is Cc1cc(Nc2ccc(N3CCCCC3)cc2)nc(Cl)n1. The Bertz CT molecular complexity index is 586. The molecule has 110 valence electrons. The Kier molecular flexibility index (Phi) is 4.25. The molecule has 5 heteroatoms. The Labute approximate surface area is 130 Å². The van der Waals surface area contributed by atoms with Gasteiger partial charge in [-0.15, -0.1) is 0 Å². The van der Waals surface area contributed by atoms with Crippen LogP contribution in [-0.4, -0.2) is 23.1 Å². The van der Waals surface area contributed by atoms with Crippen molar-refractivity contribution in [3.05, 3.63) is 41.3 Å². The lowest BCUT2D eigenvalue weighted by Crippen LogP contribution is -2.29. The van der Waals surface area contributed by atoms with Gasteiger partial charge in [0.25, 0.3) is 0 Å². The van der Waals surface area contributed by atoms with Gasteiger partial charge < -0.3 is 10.2 Å². The molecule has 1 aromatic carbocycles. The Morgan fingerprint density at radius 3 is 2.43 bits per heavy atom. The van der Waals surface area contributed by atoms with Gasteiger partial charge in [-0.05, 0) is 62.1 Å². The van der Waals surface area contributed by atoms with Crippen molar-refractivity contribution in [3.63, 3.8) is 0 Å². The summed E-state index contributed by atoms with van der Waals surface area (Å²) >= 11 is 5.87. The van der Waals surface area contributed by atoms with E-state index in [2.05, 4.69) is 44.5 Å². The first-order valence-electron chi connectivity index (χ1n) is 7.34. The fourth-order valence-electron chi connectivity index (χ4n) is 2.65. The number of nitrogens with one attached hydrogen (secondary N) is 1. The van der Waals surface area contributed by atoms with Crippen LogP contribution in [0.15, 0.2) is 30.3 Å². The van der Waals surface area contributed by atoms with Gasteiger partial charge in [0.1, 0.15) is 5.82 Å². The van der Waals surface area contributed by atoms with E-state index in [4.69, 9.17) is 11.6 Å². The predicted octanol–water partition coefficient (Wildman–Crippen LogP) is 4.17. The molecular weight excluding hydrogens is 284 g/mol. The molecule has 4 nitrogen and oxygen atoms in total. The fourth-order valence-corrected chi connectivity index (χ4v) is 2.88. The number of rotatable bonds is 3. The first kappa shape index (κ1) is 14.1. The highest BCUT2D eigenvalue weighted by molar-refractivity contribution is 6.28. The average molecular weight is 303 g/mol. The first-order valence-corrected chi connectivity index (χ1v) is 7.72. The topological polar surface area (TPSA) is 41.0 Å². The third-order valence-electron chi connectivity index (χ3n) is 3.69. The van der Waals surface area contributed by atoms with Gasteiger partial charge in [-0.25, -0.2) is 9.97 Å². The summed E-state index contributed by atoms with van der Waals surface area (Å²) < 4.78 is 0. The largest absolute Gasteiger partial charge is 0.372 e. The van der Waals surface area contributed by atoms with Gasteiger partial charge in [-0.1, -0.05) is 0 Å². The maximum atomic E-state index is 5.87. The molecule has 0 atom stereocenters. The molecule has 1 aliphatic rings. The monoisotopic (exact) mass is 302 g/mol. The van der Waals surface area contributed by atoms with Crippen molar-refractivity contribution in [2.75, 3.05) is 23.3 Å². The summed E-state index contributed by atoms with van der Waals surface area (Å²) in [6.45, 7) is 4.22. The van der Waals surface area contributed by atoms with Crippen LogP contribution >= 0.6 is 11.6 Å². The van der Waals surface area contributed by atoms with E-state index in [-0.39, 0.29) is 5.28 Å². The Morgan fingerprint density at radius 2 is 1.76 bits per heavy atom. The number of aromatic nitrogens is 2. The van der Waals surface area contributed by atoms with Crippen LogP contribution in [0.2, 0.25) is 5.28 Å². The van der Waals surface area contributed by atoms with E-state index < -0.39 is 0 Å². The third-order valence-corrected chi connectivity index (χ3v) is 3.86. The molecule has 1 fully saturated rings. The standard InChI is InChI=1S/C16H19ClN4/c1-12-11-15(20-16(17)18-12)19-13-5-7-14(8-6-13)21-9-3-2-4-10-21/h5-8,11H,2-4,9-10H2,1H3,(H,18,19,20). The van der Waals surface area contributed by atoms with Crippen LogP contribution in [-0.2, 0) is 0 Å². The van der Waals surface area contributed by atoms with E-state index in [9.17, 15) is 0 Å². The molecule has 3 rings (SSSR count). The molecule has 0 saturated carbocycles. The number of halogens is 1. The zero-order valence-electron chi connectivity index (χ0n) is 12.1. The van der Waals surface area contributed by atoms with E-state index in [0.29, 0.717) is 0 Å². The summed E-state index contributed by atoms with van der Waals surface area (Å²) in [5.41, 5.74) is 3.14. The van der Waals surface area contributed by atoms with Gasteiger partial charge in [0.15, 0.2) is 0 Å². The molecule has 0 amide bonds. The number of piperidine rings is 1. The lowest BCUT2D eigenvalue weighted by atomic mass is 10.1. The van der Waals surface area contributed by atoms with Crippen LogP contribution in [0.5, 0.6) is 0 Å². The highest BCUT2D eigenvalue weighted by atomic mass is 35.5. The van der Waals surface area contributed by atoms with E-state index in [1.54, 1.807) is 0 Å². The normalized spacial score (nSPS) is 15.0. The molecule has 21 heavy (non-hydrogen) atoms. The Balaban J connectivity index is 1.71. The van der Waals surface area contributed by atoms with Crippen LogP contribution in [0.4, 0.5) is 17.2 Å². The smallest absolute Gasteiger partial charge is 0.224 e. The number of nitrogens with zero attached hydrogens (tertiary/aromatic N) is 3. The number of anilines is 3. The van der Waals surface area contributed by atoms with Crippen molar-refractivity contribution in [1.29, 1.82) is 0 Å². The minimum absolute atomic E-state index is 0.266. The fraction of sp³-hybridized carbons (Fsp3) is 0.375. The number of aryl methyl sites for hydroxylation is 1. The van der Waals surface area contributed by atoms with Crippen LogP contribution in [0.25, 0.3) is 0 Å². The van der Waals surface area contributed by atoms with Gasteiger partial charge in [0, 0.05) is 36.2 Å². The van der Waals surface area contributed by atoms with Gasteiger partial charge in [0.2, 0.25) is 5.28 Å². The summed E-state index contributed by atoms with van der Waals surface area (Å²) in [5.74, 6) is 0.721. The van der Waals surface area contributed by atoms with Gasteiger partial charge >= 0.3 is 0 Å². The zero-order valence-corrected chi connectivity index (χ0v) is 12.9. The van der Waals surface area contributed by atoms with E-state index >= 15 is 0 Å². The molecule has 0 spiro atoms. The Hall–Kier alpha value is -1.81. The van der Waals surface area contributed by atoms with Gasteiger partial charge in [0.05, 0.1) is 0 Å². The highest BCUT2D eigenvalue weighted by Gasteiger charge is 2.10. The first-order chi connectivity index (χ1) is 10.2. The van der Waals surface area contributed by atoms with Crippen LogP contribution in [0, 0.1) is 6.92 Å². The minimum Gasteiger partial charge on any atom is -0.372 e. The van der Waals surface area contributed by atoms with Crippen molar-refractivity contribution in [1.82, 2.24) is 9.97 Å². The van der Waals surface area contributed by atoms with Crippen molar-refractivity contribution in [2.45, 2.75) is 26.2 Å². The molecule has 2 heterocycles. The maximum absolute atomic E-state index is 5.87. The average Bonchev–Trinajstić information content (AvgIpc) is 2.48. The molecule has 0 bridgehead atoms. The minimum atomic E-state index is 0.266. The van der Waals surface area contributed by atoms with Crippen LogP contribution in [0.1, 0.15) is 25.0 Å². The van der Waals surface area contributed by atoms with Gasteiger partial charge in [-0.3, -0.25) is 0 Å². The molecule has 1 aromatic heterocycles. The van der Waals surface area contributed by atoms with Crippen LogP contribution in [0.3, 0.4) is 0 Å². The molecule has 1 saturated heterocycles. The molecule has 0 aliphatic carbocycles. The summed E-state index contributed by atoms with van der Waals surface area (Å²) in [5, 5.41) is 3.53. The Morgan fingerprint density at radius 1 is 1.05 bits per heavy atom. The van der Waals surface area contributed by atoms with E-state index in [0.717, 1.165) is 30.3 Å². The van der Waals surface area contributed by atoms with Crippen molar-refractivity contribution >= 4 is 28.8 Å². The van der Waals surface area contributed by atoms with Crippen LogP contribution < -0.4 is 10.2 Å². The lowest BCUT2D eigenvalue weighted by Gasteiger charge is -2.28. The van der Waals surface area contributed by atoms with Crippen molar-refractivity contribution in [2.24, 2.45) is 0 Å². The number of hydrogen-bond acceptors (Lipinski definition) is 4. The third kappa shape index (κ3) is 3.64. The highest BCUT2D eigenvalue weighted by Crippen LogP contribution is 2.23. The zero-order chi connectivity index (χ0) is 14.7. The van der Waals surface area contributed by atoms with E-state index in [1.165, 1.54) is 24.9 Å². The number of hydrogen-bond donors (Lipinski definition) is 1. The molecule has 0 unspecified atom stereocenters. The van der Waals surface area contributed by atoms with E-state index in [1.807, 2.05) is 13.0 Å². The summed E-state index contributed by atoms with van der Waals surface area (Å²) in [6.07, 6.45) is 3.93. The molecule has 0 radical (unpaired) electrons. The van der Waals surface area contributed by atoms with Crippen molar-refractivity contribution in [3.8, 4) is 0 Å². The second kappa shape index (κ2) is 6.31. The molecule has 1 aliphatic heterocycles. The number of benzene rings is 1. The van der Waals surface area contributed by atoms with Gasteiger partial charge in [-0.2, -0.15) is 0 Å². The molecule has 2 aromatic rings. The molecular formula is C16H19ClN4. The quantitative estimate of drug-likeness (QED) is 0.864. The maximum Gasteiger partial charge on any atom is 0.224 e. The predicted molar refractivity (Wildman–Crippen MR) is 87.6 cm³/mol. The second-order valence-electron chi connectivity index (χ2n) is 5.38.